The maximum Gasteiger partial charge on any atom is 0.0745 e. The predicted molar refractivity (Wildman–Crippen MR) is 122 cm³/mol. The minimum absolute atomic E-state index is 0.343. The van der Waals surface area contributed by atoms with Gasteiger partial charge in [-0.15, -0.1) is 0 Å². The van der Waals surface area contributed by atoms with Gasteiger partial charge in [0.15, 0.2) is 0 Å². The van der Waals surface area contributed by atoms with Crippen LogP contribution in [0.1, 0.15) is 36.8 Å². The van der Waals surface area contributed by atoms with Crippen LogP contribution in [0.2, 0.25) is 10.0 Å². The molecule has 0 aliphatic carbocycles. The summed E-state index contributed by atoms with van der Waals surface area (Å²) >= 11 is 12.7. The second-order valence-corrected chi connectivity index (χ2v) is 9.75. The van der Waals surface area contributed by atoms with E-state index in [2.05, 4.69) is 41.0 Å². The molecule has 2 aliphatic rings. The monoisotopic (exact) mass is 432 g/mol. The molecule has 2 fully saturated rings. The van der Waals surface area contributed by atoms with Crippen molar-refractivity contribution in [1.82, 2.24) is 4.90 Å². The van der Waals surface area contributed by atoms with Crippen LogP contribution in [0.25, 0.3) is 0 Å². The van der Waals surface area contributed by atoms with Crippen molar-refractivity contribution >= 4 is 28.9 Å². The molecule has 0 spiro atoms. The van der Waals surface area contributed by atoms with Gasteiger partial charge in [0, 0.05) is 32.7 Å². The Morgan fingerprint density at radius 1 is 1.00 bits per heavy atom. The summed E-state index contributed by atoms with van der Waals surface area (Å²) in [6.45, 7) is 8.48. The first-order valence-corrected chi connectivity index (χ1v) is 11.2. The van der Waals surface area contributed by atoms with Gasteiger partial charge in [0.2, 0.25) is 0 Å². The van der Waals surface area contributed by atoms with E-state index < -0.39 is 0 Å². The Kier molecular flexibility index (Phi) is 6.41. The predicted octanol–water partition coefficient (Wildman–Crippen LogP) is 5.85. The lowest BCUT2D eigenvalue weighted by Crippen LogP contribution is -2.45. The Morgan fingerprint density at radius 2 is 1.62 bits per heavy atom. The molecule has 0 atom stereocenters. The zero-order valence-corrected chi connectivity index (χ0v) is 18.8. The van der Waals surface area contributed by atoms with E-state index >= 15 is 0 Å². The third kappa shape index (κ3) is 4.74. The van der Waals surface area contributed by atoms with E-state index in [4.69, 9.17) is 27.9 Å². The number of nitrogens with zero attached hydrogens (tertiary/aromatic N) is 2. The molecule has 0 bridgehead atoms. The van der Waals surface area contributed by atoms with Gasteiger partial charge in [-0.2, -0.15) is 0 Å². The fourth-order valence-electron chi connectivity index (χ4n) is 4.56. The van der Waals surface area contributed by atoms with E-state index in [1.54, 1.807) is 0 Å². The van der Waals surface area contributed by atoms with Crippen LogP contribution >= 0.6 is 23.2 Å². The number of piperidine rings is 1. The molecule has 2 aliphatic heterocycles. The number of hydrogen-bond donors (Lipinski definition) is 0. The first kappa shape index (κ1) is 21.0. The van der Waals surface area contributed by atoms with E-state index in [-0.39, 0.29) is 0 Å². The lowest BCUT2D eigenvalue weighted by atomic mass is 9.81. The zero-order valence-electron chi connectivity index (χ0n) is 17.3. The van der Waals surface area contributed by atoms with Crippen LogP contribution in [0.4, 0.5) is 5.69 Å². The molecule has 0 radical (unpaired) electrons. The molecule has 0 unspecified atom stereocenters. The van der Waals surface area contributed by atoms with Crippen LogP contribution in [0, 0.1) is 5.41 Å². The summed E-state index contributed by atoms with van der Waals surface area (Å²) < 4.78 is 5.40. The summed E-state index contributed by atoms with van der Waals surface area (Å²) in [6, 6.07) is 14.9. The molecule has 156 valence electrons. The van der Waals surface area contributed by atoms with Crippen LogP contribution in [0.3, 0.4) is 0 Å². The number of anilines is 1. The Hall–Kier alpha value is -1.26. The molecule has 2 aromatic carbocycles. The Labute approximate surface area is 184 Å². The number of ether oxygens (including phenoxy) is 1. The Bertz CT molecular complexity index is 805. The first-order chi connectivity index (χ1) is 14.0. The van der Waals surface area contributed by atoms with Gasteiger partial charge in [0.25, 0.3) is 0 Å². The molecule has 2 heterocycles. The number of likely N-dealkylation sites (tertiary alicyclic amines) is 1. The minimum Gasteiger partial charge on any atom is -0.384 e. The molecule has 5 heteroatoms. The lowest BCUT2D eigenvalue weighted by Gasteiger charge is -2.42. The van der Waals surface area contributed by atoms with Crippen molar-refractivity contribution < 1.29 is 4.74 Å². The number of methoxy groups -OCH3 is 1. The summed E-state index contributed by atoms with van der Waals surface area (Å²) in [5.74, 6) is 0.543. The van der Waals surface area contributed by atoms with E-state index in [9.17, 15) is 0 Å². The number of rotatable bonds is 6. The molecule has 2 saturated heterocycles. The van der Waals surface area contributed by atoms with Crippen LogP contribution in [-0.4, -0.2) is 44.8 Å². The Balaban J connectivity index is 1.30. The van der Waals surface area contributed by atoms with E-state index in [0.29, 0.717) is 11.3 Å². The van der Waals surface area contributed by atoms with Crippen LogP contribution in [0.5, 0.6) is 0 Å². The van der Waals surface area contributed by atoms with Gasteiger partial charge in [0.05, 0.1) is 22.3 Å². The highest BCUT2D eigenvalue weighted by molar-refractivity contribution is 6.39. The quantitative estimate of drug-likeness (QED) is 0.569. The van der Waals surface area contributed by atoms with Crippen LogP contribution in [0.15, 0.2) is 42.5 Å². The van der Waals surface area contributed by atoms with Gasteiger partial charge in [-0.1, -0.05) is 60.5 Å². The average Bonchev–Trinajstić information content (AvgIpc) is 2.66. The smallest absolute Gasteiger partial charge is 0.0745 e. The third-order valence-corrected chi connectivity index (χ3v) is 7.16. The number of benzene rings is 2. The topological polar surface area (TPSA) is 15.7 Å². The van der Waals surface area contributed by atoms with Crippen molar-refractivity contribution in [2.75, 3.05) is 44.8 Å². The van der Waals surface area contributed by atoms with Gasteiger partial charge < -0.3 is 9.64 Å². The highest BCUT2D eigenvalue weighted by Gasteiger charge is 2.31. The fraction of sp³-hybridized carbons (Fsp3) is 0.500. The molecule has 2 aromatic rings. The SMILES string of the molecule is COCC1(C)CCN(Cc2ccc(C3CN(c4c(Cl)cccc4Cl)C3)cc2)CC1. The second-order valence-electron chi connectivity index (χ2n) is 8.93. The normalized spacial score (nSPS) is 19.9. The summed E-state index contributed by atoms with van der Waals surface area (Å²) in [5, 5.41) is 1.46. The van der Waals surface area contributed by atoms with Crippen molar-refractivity contribution in [1.29, 1.82) is 0 Å². The van der Waals surface area contributed by atoms with E-state index in [1.165, 1.54) is 24.0 Å². The van der Waals surface area contributed by atoms with Gasteiger partial charge in [-0.3, -0.25) is 4.90 Å². The maximum atomic E-state index is 6.34. The second kappa shape index (κ2) is 8.85. The molecular weight excluding hydrogens is 403 g/mol. The van der Waals surface area contributed by atoms with Crippen LogP contribution < -0.4 is 4.90 Å². The minimum atomic E-state index is 0.343. The van der Waals surface area contributed by atoms with E-state index in [1.807, 2.05) is 25.3 Å². The molecule has 0 amide bonds. The van der Waals surface area contributed by atoms with Crippen molar-refractivity contribution in [2.24, 2.45) is 5.41 Å². The number of halogens is 2. The third-order valence-electron chi connectivity index (χ3n) is 6.55. The largest absolute Gasteiger partial charge is 0.384 e. The van der Waals surface area contributed by atoms with Gasteiger partial charge in [-0.25, -0.2) is 0 Å². The molecule has 0 N–H and O–H groups in total. The molecule has 0 saturated carbocycles. The fourth-order valence-corrected chi connectivity index (χ4v) is 5.20. The zero-order chi connectivity index (χ0) is 20.4. The molecular formula is C24H30Cl2N2O. The summed E-state index contributed by atoms with van der Waals surface area (Å²) in [6.07, 6.45) is 2.42. The summed E-state index contributed by atoms with van der Waals surface area (Å²) in [4.78, 5) is 4.84. The number of hydrogen-bond acceptors (Lipinski definition) is 3. The highest BCUT2D eigenvalue weighted by Crippen LogP contribution is 2.40. The highest BCUT2D eigenvalue weighted by atomic mass is 35.5. The standard InChI is InChI=1S/C24H30Cl2N2O/c1-24(17-29-2)10-12-27(13-11-24)14-18-6-8-19(9-7-18)20-15-28(16-20)23-21(25)4-3-5-22(23)26/h3-9,20H,10-17H2,1-2H3. The van der Waals surface area contributed by atoms with Gasteiger partial charge >= 0.3 is 0 Å². The van der Waals surface area contributed by atoms with E-state index in [0.717, 1.165) is 55.1 Å². The molecule has 4 rings (SSSR count). The van der Waals surface area contributed by atoms with Gasteiger partial charge in [0.1, 0.15) is 0 Å². The average molecular weight is 433 g/mol. The summed E-state index contributed by atoms with van der Waals surface area (Å²) in [7, 11) is 1.81. The van der Waals surface area contributed by atoms with Crippen molar-refractivity contribution in [2.45, 2.75) is 32.2 Å². The van der Waals surface area contributed by atoms with Crippen molar-refractivity contribution in [3.05, 3.63) is 63.6 Å². The molecule has 3 nitrogen and oxygen atoms in total. The lowest BCUT2D eigenvalue weighted by molar-refractivity contribution is 0.0322. The first-order valence-electron chi connectivity index (χ1n) is 10.5. The molecule has 29 heavy (non-hydrogen) atoms. The van der Waals surface area contributed by atoms with Crippen molar-refractivity contribution in [3.8, 4) is 0 Å². The molecule has 0 aromatic heterocycles. The maximum absolute atomic E-state index is 6.34. The Morgan fingerprint density at radius 3 is 2.21 bits per heavy atom. The van der Waals surface area contributed by atoms with Gasteiger partial charge in [-0.05, 0) is 54.6 Å². The van der Waals surface area contributed by atoms with Crippen molar-refractivity contribution in [3.63, 3.8) is 0 Å². The summed E-state index contributed by atoms with van der Waals surface area (Å²) in [5.41, 5.74) is 4.11. The number of para-hydroxylation sites is 1. The van der Waals surface area contributed by atoms with Crippen LogP contribution in [-0.2, 0) is 11.3 Å².